The van der Waals surface area contributed by atoms with Crippen molar-refractivity contribution in [3.05, 3.63) is 70.5 Å². The Hall–Kier alpha value is -2.55. The molecule has 4 nitrogen and oxygen atoms in total. The van der Waals surface area contributed by atoms with Gasteiger partial charge in [0.15, 0.2) is 11.6 Å². The average Bonchev–Trinajstić information content (AvgIpc) is 3.22. The van der Waals surface area contributed by atoms with E-state index in [4.69, 9.17) is 34.0 Å². The topological polar surface area (TPSA) is 59.3 Å². The summed E-state index contributed by atoms with van der Waals surface area (Å²) >= 11 is 11.4. The van der Waals surface area contributed by atoms with Gasteiger partial charge in [-0.05, 0) is 41.7 Å². The number of nitriles is 1. The predicted molar refractivity (Wildman–Crippen MR) is 108 cm³/mol. The number of rotatable bonds is 6. The van der Waals surface area contributed by atoms with E-state index in [2.05, 4.69) is 0 Å². The van der Waals surface area contributed by atoms with E-state index in [0.29, 0.717) is 11.8 Å². The number of allylic oxidation sites excluding steroid dienone is 1. The Labute approximate surface area is 179 Å². The molecule has 2 aromatic carbocycles. The van der Waals surface area contributed by atoms with Gasteiger partial charge in [-0.1, -0.05) is 61.3 Å². The minimum atomic E-state index is -1.23. The third kappa shape index (κ3) is 4.72. The van der Waals surface area contributed by atoms with Gasteiger partial charge in [0.25, 0.3) is 0 Å². The third-order valence-electron chi connectivity index (χ3n) is 4.99. The van der Waals surface area contributed by atoms with Gasteiger partial charge in [0.1, 0.15) is 16.3 Å². The molecule has 0 aromatic heterocycles. The number of hydrogen-bond donors (Lipinski definition) is 0. The molecule has 1 fully saturated rings. The third-order valence-corrected chi connectivity index (χ3v) is 5.25. The van der Waals surface area contributed by atoms with Crippen LogP contribution in [0.15, 0.2) is 59.1 Å². The number of para-hydroxylation sites is 1. The average molecular weight is 436 g/mol. The molecule has 29 heavy (non-hydrogen) atoms. The number of esters is 1. The second-order valence-electron chi connectivity index (χ2n) is 7.25. The fraction of sp³-hybridized carbons (Fsp3) is 0.273. The van der Waals surface area contributed by atoms with Crippen molar-refractivity contribution in [3.8, 4) is 17.6 Å². The van der Waals surface area contributed by atoms with Gasteiger partial charge in [-0.3, -0.25) is 4.79 Å². The van der Waals surface area contributed by atoms with Crippen LogP contribution in [0.1, 0.15) is 26.9 Å². The van der Waals surface area contributed by atoms with Gasteiger partial charge in [-0.15, -0.1) is 0 Å². The lowest BCUT2D eigenvalue weighted by Crippen LogP contribution is -2.14. The Morgan fingerprint density at radius 1 is 1.34 bits per heavy atom. The number of hydrogen-bond acceptors (Lipinski definition) is 4. The molecule has 1 saturated carbocycles. The quantitative estimate of drug-likeness (QED) is 0.498. The van der Waals surface area contributed by atoms with Gasteiger partial charge >= 0.3 is 5.97 Å². The van der Waals surface area contributed by atoms with Crippen LogP contribution >= 0.6 is 23.2 Å². The molecule has 0 aliphatic heterocycles. The summed E-state index contributed by atoms with van der Waals surface area (Å²) < 4.78 is 32.7. The van der Waals surface area contributed by atoms with Crippen LogP contribution < -0.4 is 4.74 Å². The molecule has 1 aliphatic rings. The molecule has 0 spiro atoms. The van der Waals surface area contributed by atoms with E-state index in [0.717, 1.165) is 6.07 Å². The summed E-state index contributed by atoms with van der Waals surface area (Å²) in [5, 5.41) is 9.52. The molecule has 3 atom stereocenters. The van der Waals surface area contributed by atoms with Gasteiger partial charge in [0, 0.05) is 5.56 Å². The van der Waals surface area contributed by atoms with Gasteiger partial charge in [0.2, 0.25) is 6.10 Å². The molecular formula is C22H18Cl2FNO3. The van der Waals surface area contributed by atoms with Crippen LogP contribution in [0.2, 0.25) is 0 Å². The van der Waals surface area contributed by atoms with Crippen molar-refractivity contribution in [3.63, 3.8) is 0 Å². The Morgan fingerprint density at radius 2 is 2.03 bits per heavy atom. The zero-order valence-corrected chi connectivity index (χ0v) is 17.2. The van der Waals surface area contributed by atoms with Crippen LogP contribution in [0.5, 0.6) is 11.5 Å². The molecule has 0 N–H and O–H groups in total. The first-order valence-electron chi connectivity index (χ1n) is 9.30. The Morgan fingerprint density at radius 3 is 2.66 bits per heavy atom. The molecule has 2 aromatic rings. The molecule has 7 heteroatoms. The minimum absolute atomic E-state index is 0.0685. The lowest BCUT2D eigenvalue weighted by Gasteiger charge is -2.14. The van der Waals surface area contributed by atoms with Crippen LogP contribution in [0.25, 0.3) is 0 Å². The highest BCUT2D eigenvalue weighted by atomic mass is 35.5. The molecule has 1 unspecified atom stereocenters. The zero-order chi connectivity index (χ0) is 22.1. The van der Waals surface area contributed by atoms with Crippen molar-refractivity contribution < 1.29 is 20.0 Å². The molecule has 0 heterocycles. The highest BCUT2D eigenvalue weighted by Crippen LogP contribution is 2.60. The van der Waals surface area contributed by atoms with E-state index in [1.165, 1.54) is 36.4 Å². The van der Waals surface area contributed by atoms with Crippen molar-refractivity contribution >= 4 is 29.2 Å². The van der Waals surface area contributed by atoms with E-state index in [9.17, 15) is 14.4 Å². The Kier molecular flexibility index (Phi) is 5.75. The highest BCUT2D eigenvalue weighted by molar-refractivity contribution is 6.55. The Balaban J connectivity index is 1.77. The molecule has 1 aliphatic carbocycles. The first kappa shape index (κ1) is 19.8. The van der Waals surface area contributed by atoms with Crippen molar-refractivity contribution in [2.45, 2.75) is 20.0 Å². The van der Waals surface area contributed by atoms with Gasteiger partial charge in [-0.2, -0.15) is 5.26 Å². The minimum Gasteiger partial charge on any atom is -0.454 e. The molecule has 0 radical (unpaired) electrons. The molecule has 0 amide bonds. The van der Waals surface area contributed by atoms with Crippen LogP contribution in [-0.2, 0) is 9.53 Å². The smallest absolute Gasteiger partial charge is 0.311 e. The molecule has 0 bridgehead atoms. The van der Waals surface area contributed by atoms with E-state index < -0.39 is 29.2 Å². The Bertz CT molecular complexity index is 1030. The maximum Gasteiger partial charge on any atom is 0.311 e. The number of ether oxygens (including phenoxy) is 2. The summed E-state index contributed by atoms with van der Waals surface area (Å²) in [5.74, 6) is -1.66. The number of carbonyl (C=O) groups excluding carboxylic acids is 1. The standard InChI is InChI=1S/C22H18Cl2FNO3/c1-22(2)15(11-19(23)24)20(22)21(27)29-18(12-26)13-8-9-16(25)17(10-13)28-14-6-4-3-5-7-14/h3-11,15,18,20H,1-2H3/t15-,18?,20+/m1/s1/i3T. The van der Waals surface area contributed by atoms with Crippen molar-refractivity contribution in [1.29, 1.82) is 5.26 Å². The molecular weight excluding hydrogens is 416 g/mol. The van der Waals surface area contributed by atoms with E-state index >= 15 is 0 Å². The number of benzene rings is 2. The van der Waals surface area contributed by atoms with Crippen molar-refractivity contribution in [1.82, 2.24) is 0 Å². The van der Waals surface area contributed by atoms with Gasteiger partial charge < -0.3 is 9.47 Å². The fourth-order valence-corrected chi connectivity index (χ4v) is 3.53. The second-order valence-corrected chi connectivity index (χ2v) is 8.26. The van der Waals surface area contributed by atoms with E-state index in [-0.39, 0.29) is 21.7 Å². The van der Waals surface area contributed by atoms with Gasteiger partial charge in [-0.25, -0.2) is 4.39 Å². The number of nitrogens with zero attached hydrogens (tertiary/aromatic N) is 1. The summed E-state index contributed by atoms with van der Waals surface area (Å²) in [4.78, 5) is 12.6. The lowest BCUT2D eigenvalue weighted by molar-refractivity contribution is -0.149. The summed E-state index contributed by atoms with van der Waals surface area (Å²) in [7, 11) is 0. The van der Waals surface area contributed by atoms with Gasteiger partial charge in [0.05, 0.1) is 7.29 Å². The number of carbonyl (C=O) groups is 1. The fourth-order valence-electron chi connectivity index (χ4n) is 3.26. The van der Waals surface area contributed by atoms with Crippen LogP contribution in [0, 0.1) is 34.4 Å². The normalized spacial score (nSPS) is 20.6. The van der Waals surface area contributed by atoms with E-state index in [1.807, 2.05) is 19.9 Å². The zero-order valence-electron chi connectivity index (χ0n) is 16.7. The predicted octanol–water partition coefficient (Wildman–Crippen LogP) is 6.32. The summed E-state index contributed by atoms with van der Waals surface area (Å²) in [6, 6.07) is 12.1. The van der Waals surface area contributed by atoms with E-state index in [1.54, 1.807) is 6.08 Å². The van der Waals surface area contributed by atoms with Crippen LogP contribution in [0.4, 0.5) is 4.39 Å². The maximum absolute atomic E-state index is 14.2. The molecule has 3 rings (SSSR count). The first-order chi connectivity index (χ1) is 14.1. The van der Waals surface area contributed by atoms with Crippen molar-refractivity contribution in [2.75, 3.05) is 0 Å². The lowest BCUT2D eigenvalue weighted by atomic mass is 10.1. The highest BCUT2D eigenvalue weighted by Gasteiger charge is 2.62. The SMILES string of the molecule is [3H]c1ccc(Oc2cc(C(C#N)OC(=O)[C@@H]3[C@@H](C=C(Cl)Cl)C3(C)C)ccc2F)cc1. The monoisotopic (exact) mass is 435 g/mol. The summed E-state index contributed by atoms with van der Waals surface area (Å²) in [6.45, 7) is 3.76. The van der Waals surface area contributed by atoms with Crippen LogP contribution in [-0.4, -0.2) is 5.97 Å². The molecule has 0 saturated heterocycles. The van der Waals surface area contributed by atoms with Crippen LogP contribution in [0.3, 0.4) is 0 Å². The maximum atomic E-state index is 14.2. The summed E-state index contributed by atoms with van der Waals surface area (Å²) in [5.41, 5.74) is -0.118. The summed E-state index contributed by atoms with van der Waals surface area (Å²) in [6.07, 6.45) is 0.353. The number of halogens is 3. The first-order valence-corrected chi connectivity index (χ1v) is 9.56. The molecule has 150 valence electrons. The second kappa shape index (κ2) is 8.44. The van der Waals surface area contributed by atoms with Crippen molar-refractivity contribution in [2.24, 2.45) is 17.3 Å². The largest absolute Gasteiger partial charge is 0.454 e.